The van der Waals surface area contributed by atoms with Crippen LogP contribution in [0.4, 0.5) is 0 Å². The molecule has 2 aromatic rings. The van der Waals surface area contributed by atoms with Crippen molar-refractivity contribution in [3.05, 3.63) is 55.6 Å². The van der Waals surface area contributed by atoms with Crippen LogP contribution in [0.1, 0.15) is 5.56 Å². The Morgan fingerprint density at radius 2 is 2.12 bits per heavy atom. The number of rotatable bonds is 2. The van der Waals surface area contributed by atoms with Gasteiger partial charge >= 0.3 is 0 Å². The fraction of sp³-hybridized carbons (Fsp3) is 0. The predicted octanol–water partition coefficient (Wildman–Crippen LogP) is 1.95. The molecule has 1 N–H and O–H groups in total. The molecule has 0 saturated carbocycles. The molecule has 2 rings (SSSR count). The molecule has 1 heterocycles. The summed E-state index contributed by atoms with van der Waals surface area (Å²) in [4.78, 5) is 11.4. The first-order valence-electron chi connectivity index (χ1n) is 4.63. The SMILES string of the molecule is O=c1cn[nH]c(=S)n1/N=C\c1ccc(Br)cc1. The number of nitrogens with zero attached hydrogens (tertiary/aromatic N) is 3. The van der Waals surface area contributed by atoms with Crippen molar-refractivity contribution >= 4 is 34.4 Å². The van der Waals surface area contributed by atoms with Gasteiger partial charge in [0, 0.05) is 4.47 Å². The van der Waals surface area contributed by atoms with Crippen LogP contribution in [0.15, 0.2) is 44.8 Å². The zero-order valence-electron chi connectivity index (χ0n) is 8.50. The van der Waals surface area contributed by atoms with Crippen LogP contribution in [0.2, 0.25) is 0 Å². The maximum Gasteiger partial charge on any atom is 0.293 e. The maximum absolute atomic E-state index is 11.4. The Morgan fingerprint density at radius 1 is 1.41 bits per heavy atom. The Balaban J connectivity index is 2.36. The summed E-state index contributed by atoms with van der Waals surface area (Å²) in [6.07, 6.45) is 2.67. The predicted molar refractivity (Wildman–Crippen MR) is 70.8 cm³/mol. The zero-order valence-corrected chi connectivity index (χ0v) is 10.9. The van der Waals surface area contributed by atoms with E-state index in [2.05, 4.69) is 31.2 Å². The van der Waals surface area contributed by atoms with Crippen LogP contribution in [-0.4, -0.2) is 21.1 Å². The van der Waals surface area contributed by atoms with Gasteiger partial charge in [0.05, 0.1) is 6.21 Å². The molecule has 0 atom stereocenters. The summed E-state index contributed by atoms with van der Waals surface area (Å²) in [6.45, 7) is 0. The summed E-state index contributed by atoms with van der Waals surface area (Å²) in [6, 6.07) is 7.51. The molecule has 17 heavy (non-hydrogen) atoms. The van der Waals surface area contributed by atoms with Crippen molar-refractivity contribution in [1.29, 1.82) is 0 Å². The molecule has 0 amide bonds. The Morgan fingerprint density at radius 3 is 2.76 bits per heavy atom. The average molecular weight is 311 g/mol. The van der Waals surface area contributed by atoms with E-state index < -0.39 is 0 Å². The highest BCUT2D eigenvalue weighted by atomic mass is 79.9. The molecular formula is C10H7BrN4OS. The molecule has 0 fully saturated rings. The van der Waals surface area contributed by atoms with Crippen LogP contribution in [-0.2, 0) is 0 Å². The van der Waals surface area contributed by atoms with Gasteiger partial charge in [-0.2, -0.15) is 14.9 Å². The molecule has 86 valence electrons. The van der Waals surface area contributed by atoms with Gasteiger partial charge in [-0.05, 0) is 29.9 Å². The van der Waals surface area contributed by atoms with Crippen molar-refractivity contribution < 1.29 is 0 Å². The Kier molecular flexibility index (Phi) is 3.60. The normalized spacial score (nSPS) is 10.9. The van der Waals surface area contributed by atoms with E-state index in [9.17, 15) is 4.79 Å². The highest BCUT2D eigenvalue weighted by Gasteiger charge is 1.94. The lowest BCUT2D eigenvalue weighted by Crippen LogP contribution is -2.18. The number of benzene rings is 1. The van der Waals surface area contributed by atoms with Crippen LogP contribution in [0.5, 0.6) is 0 Å². The van der Waals surface area contributed by atoms with Crippen LogP contribution in [0.25, 0.3) is 0 Å². The number of nitrogens with one attached hydrogen (secondary N) is 1. The van der Waals surface area contributed by atoms with E-state index in [1.54, 1.807) is 6.21 Å². The molecule has 0 spiro atoms. The number of hydrogen-bond donors (Lipinski definition) is 1. The van der Waals surface area contributed by atoms with Crippen molar-refractivity contribution in [2.75, 3.05) is 0 Å². The summed E-state index contributed by atoms with van der Waals surface area (Å²) in [5.41, 5.74) is 0.494. The van der Waals surface area contributed by atoms with E-state index >= 15 is 0 Å². The monoisotopic (exact) mass is 310 g/mol. The fourth-order valence-corrected chi connectivity index (χ4v) is 1.58. The van der Waals surface area contributed by atoms with Crippen LogP contribution in [0, 0.1) is 4.77 Å². The van der Waals surface area contributed by atoms with Gasteiger partial charge in [0.2, 0.25) is 4.77 Å². The Bertz CT molecular complexity index is 631. The molecule has 0 radical (unpaired) electrons. The topological polar surface area (TPSA) is 63.0 Å². The minimum absolute atomic E-state index is 0.158. The van der Waals surface area contributed by atoms with Crippen molar-refractivity contribution in [3.63, 3.8) is 0 Å². The third-order valence-electron chi connectivity index (χ3n) is 1.93. The molecule has 0 saturated heterocycles. The van der Waals surface area contributed by atoms with Crippen molar-refractivity contribution in [1.82, 2.24) is 14.9 Å². The summed E-state index contributed by atoms with van der Waals surface area (Å²) < 4.78 is 2.21. The summed E-state index contributed by atoms with van der Waals surface area (Å²) in [5, 5.41) is 10.1. The highest BCUT2D eigenvalue weighted by molar-refractivity contribution is 9.10. The minimum atomic E-state index is -0.373. The lowest BCUT2D eigenvalue weighted by atomic mass is 10.2. The number of H-pyrrole nitrogens is 1. The standard InChI is InChI=1S/C10H7BrN4OS/c11-8-3-1-7(2-4-8)5-13-15-9(16)6-12-14-10(15)17/h1-6H,(H,14,17)/b13-5-. The van der Waals surface area contributed by atoms with E-state index in [-0.39, 0.29) is 10.3 Å². The van der Waals surface area contributed by atoms with Gasteiger partial charge in [0.1, 0.15) is 6.20 Å². The summed E-state index contributed by atoms with van der Waals surface area (Å²) in [7, 11) is 0. The van der Waals surface area contributed by atoms with E-state index in [4.69, 9.17) is 12.2 Å². The third kappa shape index (κ3) is 2.95. The van der Waals surface area contributed by atoms with Crippen LogP contribution < -0.4 is 5.56 Å². The van der Waals surface area contributed by atoms with Crippen LogP contribution in [0.3, 0.4) is 0 Å². The van der Waals surface area contributed by atoms with Crippen molar-refractivity contribution in [3.8, 4) is 0 Å². The number of hydrogen-bond acceptors (Lipinski definition) is 4. The molecule has 0 aliphatic carbocycles. The number of halogens is 1. The summed E-state index contributed by atoms with van der Waals surface area (Å²) >= 11 is 8.23. The second-order valence-electron chi connectivity index (χ2n) is 3.12. The molecule has 0 bridgehead atoms. The Labute approximate surface area is 110 Å². The molecule has 0 unspecified atom stereocenters. The first-order chi connectivity index (χ1) is 8.16. The first kappa shape index (κ1) is 11.9. The minimum Gasteiger partial charge on any atom is -0.265 e. The Hall–Kier alpha value is -1.60. The lowest BCUT2D eigenvalue weighted by Gasteiger charge is -1.96. The number of aromatic amines is 1. The van der Waals surface area contributed by atoms with Gasteiger partial charge in [-0.15, -0.1) is 0 Å². The van der Waals surface area contributed by atoms with E-state index in [0.29, 0.717) is 0 Å². The highest BCUT2D eigenvalue weighted by Crippen LogP contribution is 2.08. The van der Waals surface area contributed by atoms with Gasteiger partial charge in [0.25, 0.3) is 5.56 Å². The fourth-order valence-electron chi connectivity index (χ4n) is 1.13. The van der Waals surface area contributed by atoms with Crippen molar-refractivity contribution in [2.45, 2.75) is 0 Å². The maximum atomic E-state index is 11.4. The molecule has 1 aromatic heterocycles. The van der Waals surface area contributed by atoms with E-state index in [1.165, 1.54) is 0 Å². The van der Waals surface area contributed by atoms with Gasteiger partial charge in [-0.3, -0.25) is 9.89 Å². The molecule has 0 aliphatic heterocycles. The molecule has 7 heteroatoms. The largest absolute Gasteiger partial charge is 0.293 e. The van der Waals surface area contributed by atoms with E-state index in [1.807, 2.05) is 24.3 Å². The smallest absolute Gasteiger partial charge is 0.265 e. The van der Waals surface area contributed by atoms with Gasteiger partial charge < -0.3 is 0 Å². The van der Waals surface area contributed by atoms with Crippen LogP contribution >= 0.6 is 28.1 Å². The second-order valence-corrected chi connectivity index (χ2v) is 4.42. The molecule has 1 aromatic carbocycles. The molecule has 5 nitrogen and oxygen atoms in total. The van der Waals surface area contributed by atoms with Gasteiger partial charge in [-0.1, -0.05) is 28.1 Å². The molecule has 0 aliphatic rings. The van der Waals surface area contributed by atoms with E-state index in [0.717, 1.165) is 20.9 Å². The second kappa shape index (κ2) is 5.15. The quantitative estimate of drug-likeness (QED) is 0.681. The average Bonchev–Trinajstić information content (AvgIpc) is 2.31. The lowest BCUT2D eigenvalue weighted by molar-refractivity contribution is 0.738. The molecular weight excluding hydrogens is 304 g/mol. The summed E-state index contributed by atoms with van der Waals surface area (Å²) in [5.74, 6) is 0. The van der Waals surface area contributed by atoms with Gasteiger partial charge in [-0.25, -0.2) is 0 Å². The van der Waals surface area contributed by atoms with Crippen molar-refractivity contribution in [2.24, 2.45) is 5.10 Å². The number of aromatic nitrogens is 3. The van der Waals surface area contributed by atoms with Gasteiger partial charge in [0.15, 0.2) is 0 Å². The zero-order chi connectivity index (χ0) is 12.3. The first-order valence-corrected chi connectivity index (χ1v) is 5.83. The third-order valence-corrected chi connectivity index (χ3v) is 2.72.